The third-order valence-electron chi connectivity index (χ3n) is 5.08. The molecule has 3 rings (SSSR count). The smallest absolute Gasteiger partial charge is 0.176 e. The second kappa shape index (κ2) is 8.73. The van der Waals surface area contributed by atoms with Crippen LogP contribution in [-0.2, 0) is 5.60 Å². The maximum Gasteiger partial charge on any atom is 0.176 e. The minimum atomic E-state index is -1.30. The molecule has 138 valence electrons. The van der Waals surface area contributed by atoms with E-state index >= 15 is 0 Å². The van der Waals surface area contributed by atoms with E-state index in [0.29, 0.717) is 0 Å². The van der Waals surface area contributed by atoms with Crippen molar-refractivity contribution in [3.8, 4) is 11.8 Å². The zero-order valence-electron chi connectivity index (χ0n) is 15.6. The first-order chi connectivity index (χ1) is 12.0. The van der Waals surface area contributed by atoms with Crippen molar-refractivity contribution in [2.24, 2.45) is 0 Å². The van der Waals surface area contributed by atoms with Crippen molar-refractivity contribution in [1.29, 1.82) is 0 Å². The predicted octanol–water partition coefficient (Wildman–Crippen LogP) is 4.61. The molecule has 1 aliphatic rings. The number of hydrogen-bond donors (Lipinski definition) is 1. The molecular weight excluding hydrogens is 342 g/mol. The van der Waals surface area contributed by atoms with Crippen LogP contribution in [0.15, 0.2) is 60.7 Å². The van der Waals surface area contributed by atoms with Crippen LogP contribution in [0.25, 0.3) is 0 Å². The predicted molar refractivity (Wildman–Crippen MR) is 110 cm³/mol. The van der Waals surface area contributed by atoms with E-state index in [-0.39, 0.29) is 17.9 Å². The monoisotopic (exact) mass is 369 g/mol. The highest BCUT2D eigenvalue weighted by atomic mass is 35.5. The maximum atomic E-state index is 11.5. The van der Waals surface area contributed by atoms with Crippen molar-refractivity contribution in [1.82, 2.24) is 4.90 Å². The first kappa shape index (κ1) is 20.5. The molecule has 1 fully saturated rings. The molecule has 1 heterocycles. The molecule has 0 aromatic heterocycles. The van der Waals surface area contributed by atoms with Gasteiger partial charge in [0.1, 0.15) is 0 Å². The average molecular weight is 370 g/mol. The number of nitrogens with zero attached hydrogens (tertiary/aromatic N) is 1. The molecule has 0 unspecified atom stereocenters. The fourth-order valence-electron chi connectivity index (χ4n) is 3.45. The first-order valence-electron chi connectivity index (χ1n) is 9.15. The summed E-state index contributed by atoms with van der Waals surface area (Å²) in [4.78, 5) is 2.43. The fraction of sp³-hybridized carbons (Fsp3) is 0.391. The van der Waals surface area contributed by atoms with Crippen molar-refractivity contribution in [3.05, 3.63) is 71.8 Å². The summed E-state index contributed by atoms with van der Waals surface area (Å²) in [6, 6.07) is 19.5. The molecule has 1 N–H and O–H groups in total. The standard InChI is InChI=1S/C23H27NO.ClH/c1-22(2,24-18-10-5-11-19-24)16-17-23(25,20-12-6-3-7-13-20)21-14-8-4-9-15-21;/h3-4,6-9,12-15,25H,5,10-11,18-19H2,1-2H3;1H. The molecule has 2 aromatic rings. The second-order valence-corrected chi connectivity index (χ2v) is 7.30. The summed E-state index contributed by atoms with van der Waals surface area (Å²) in [6.07, 6.45) is 3.76. The minimum Gasteiger partial charge on any atom is -0.369 e. The fourth-order valence-corrected chi connectivity index (χ4v) is 3.45. The van der Waals surface area contributed by atoms with Gasteiger partial charge >= 0.3 is 0 Å². The summed E-state index contributed by atoms with van der Waals surface area (Å²) in [5, 5.41) is 11.5. The van der Waals surface area contributed by atoms with Gasteiger partial charge in [-0.2, -0.15) is 0 Å². The number of rotatable bonds is 3. The maximum absolute atomic E-state index is 11.5. The molecule has 0 radical (unpaired) electrons. The Morgan fingerprint density at radius 2 is 1.23 bits per heavy atom. The highest BCUT2D eigenvalue weighted by Crippen LogP contribution is 2.29. The number of hydrogen-bond acceptors (Lipinski definition) is 2. The van der Waals surface area contributed by atoms with Gasteiger partial charge in [-0.25, -0.2) is 0 Å². The van der Waals surface area contributed by atoms with Crippen molar-refractivity contribution >= 4 is 12.4 Å². The molecule has 0 spiro atoms. The van der Waals surface area contributed by atoms with E-state index in [1.54, 1.807) is 0 Å². The Balaban J connectivity index is 0.00000243. The molecule has 2 aromatic carbocycles. The van der Waals surface area contributed by atoms with Crippen LogP contribution < -0.4 is 0 Å². The summed E-state index contributed by atoms with van der Waals surface area (Å²) in [6.45, 7) is 6.47. The molecule has 0 aliphatic carbocycles. The minimum absolute atomic E-state index is 0. The highest BCUT2D eigenvalue weighted by molar-refractivity contribution is 5.85. The van der Waals surface area contributed by atoms with Gasteiger partial charge in [0.2, 0.25) is 0 Å². The Morgan fingerprint density at radius 1 is 0.769 bits per heavy atom. The Morgan fingerprint density at radius 3 is 1.69 bits per heavy atom. The summed E-state index contributed by atoms with van der Waals surface area (Å²) < 4.78 is 0. The lowest BCUT2D eigenvalue weighted by Gasteiger charge is -2.37. The van der Waals surface area contributed by atoms with Crippen LogP contribution in [0.2, 0.25) is 0 Å². The molecule has 26 heavy (non-hydrogen) atoms. The highest BCUT2D eigenvalue weighted by Gasteiger charge is 2.31. The zero-order chi connectivity index (χ0) is 17.8. The first-order valence-corrected chi connectivity index (χ1v) is 9.15. The largest absolute Gasteiger partial charge is 0.369 e. The van der Waals surface area contributed by atoms with E-state index in [1.807, 2.05) is 60.7 Å². The SMILES string of the molecule is CC(C)(C#CC(O)(c1ccccc1)c1ccccc1)N1CCCCC1.Cl. The van der Waals surface area contributed by atoms with Crippen LogP contribution in [0.4, 0.5) is 0 Å². The van der Waals surface area contributed by atoms with Crippen LogP contribution in [0.1, 0.15) is 44.2 Å². The Kier molecular flexibility index (Phi) is 6.89. The van der Waals surface area contributed by atoms with E-state index in [1.165, 1.54) is 19.3 Å². The van der Waals surface area contributed by atoms with Gasteiger partial charge in [-0.3, -0.25) is 4.90 Å². The molecule has 2 nitrogen and oxygen atoms in total. The van der Waals surface area contributed by atoms with Gasteiger partial charge in [-0.05, 0) is 39.8 Å². The van der Waals surface area contributed by atoms with E-state index < -0.39 is 5.60 Å². The van der Waals surface area contributed by atoms with Crippen LogP contribution in [0.3, 0.4) is 0 Å². The molecular formula is C23H28ClNO. The number of piperidine rings is 1. The zero-order valence-corrected chi connectivity index (χ0v) is 16.4. The van der Waals surface area contributed by atoms with Crippen LogP contribution in [0.5, 0.6) is 0 Å². The van der Waals surface area contributed by atoms with Crippen molar-refractivity contribution in [3.63, 3.8) is 0 Å². The van der Waals surface area contributed by atoms with Gasteiger partial charge in [0.05, 0.1) is 5.54 Å². The van der Waals surface area contributed by atoms with Crippen molar-refractivity contribution < 1.29 is 5.11 Å². The lowest BCUT2D eigenvalue weighted by Crippen LogP contribution is -2.46. The van der Waals surface area contributed by atoms with Gasteiger partial charge in [-0.1, -0.05) is 78.9 Å². The Hall–Kier alpha value is -1.79. The topological polar surface area (TPSA) is 23.5 Å². The van der Waals surface area contributed by atoms with Crippen molar-refractivity contribution in [2.45, 2.75) is 44.2 Å². The van der Waals surface area contributed by atoms with Gasteiger partial charge in [-0.15, -0.1) is 12.4 Å². The summed E-state index contributed by atoms with van der Waals surface area (Å²) in [5.41, 5.74) is 0.0689. The number of halogens is 1. The summed E-state index contributed by atoms with van der Waals surface area (Å²) in [5.74, 6) is 6.62. The second-order valence-electron chi connectivity index (χ2n) is 7.30. The lowest BCUT2D eigenvalue weighted by atomic mass is 9.86. The molecule has 1 saturated heterocycles. The third kappa shape index (κ3) is 4.48. The van der Waals surface area contributed by atoms with Gasteiger partial charge < -0.3 is 5.11 Å². The molecule has 0 atom stereocenters. The summed E-state index contributed by atoms with van der Waals surface area (Å²) >= 11 is 0. The molecule has 0 saturated carbocycles. The third-order valence-corrected chi connectivity index (χ3v) is 5.08. The van der Waals surface area contributed by atoms with E-state index in [0.717, 1.165) is 24.2 Å². The quantitative estimate of drug-likeness (QED) is 0.798. The van der Waals surface area contributed by atoms with E-state index in [4.69, 9.17) is 0 Å². The number of likely N-dealkylation sites (tertiary alicyclic amines) is 1. The van der Waals surface area contributed by atoms with Crippen LogP contribution >= 0.6 is 12.4 Å². The molecule has 0 bridgehead atoms. The molecule has 3 heteroatoms. The van der Waals surface area contributed by atoms with Gasteiger partial charge in [0.25, 0.3) is 0 Å². The van der Waals surface area contributed by atoms with Crippen LogP contribution in [-0.4, -0.2) is 28.6 Å². The molecule has 0 amide bonds. The van der Waals surface area contributed by atoms with Crippen molar-refractivity contribution in [2.75, 3.05) is 13.1 Å². The molecule has 1 aliphatic heterocycles. The van der Waals surface area contributed by atoms with Gasteiger partial charge in [0, 0.05) is 11.1 Å². The number of aliphatic hydroxyl groups is 1. The number of benzene rings is 2. The average Bonchev–Trinajstić information content (AvgIpc) is 2.68. The normalized spacial score (nSPS) is 15.5. The van der Waals surface area contributed by atoms with E-state index in [9.17, 15) is 5.11 Å². The Labute approximate surface area is 163 Å². The summed E-state index contributed by atoms with van der Waals surface area (Å²) in [7, 11) is 0. The van der Waals surface area contributed by atoms with Gasteiger partial charge in [0.15, 0.2) is 5.60 Å². The Bertz CT molecular complexity index is 701. The lowest BCUT2D eigenvalue weighted by molar-refractivity contribution is 0.132. The van der Waals surface area contributed by atoms with E-state index in [2.05, 4.69) is 30.6 Å². The van der Waals surface area contributed by atoms with Crippen LogP contribution in [0, 0.1) is 11.8 Å².